The van der Waals surface area contributed by atoms with Crippen molar-refractivity contribution in [1.82, 2.24) is 0 Å². The summed E-state index contributed by atoms with van der Waals surface area (Å²) in [4.78, 5) is 0. The second-order valence-corrected chi connectivity index (χ2v) is 7.27. The summed E-state index contributed by atoms with van der Waals surface area (Å²) < 4.78 is 0. The third-order valence-corrected chi connectivity index (χ3v) is 6.93. The molecule has 0 aromatic heterocycles. The van der Waals surface area contributed by atoms with Gasteiger partial charge in [0, 0.05) is 0 Å². The topological polar surface area (TPSA) is 0 Å². The van der Waals surface area contributed by atoms with E-state index in [4.69, 9.17) is 0 Å². The van der Waals surface area contributed by atoms with Crippen molar-refractivity contribution in [2.45, 2.75) is 92.9 Å². The van der Waals surface area contributed by atoms with Crippen LogP contribution in [0, 0.1) is 22.7 Å². The van der Waals surface area contributed by atoms with Gasteiger partial charge >= 0.3 is 0 Å². The summed E-state index contributed by atoms with van der Waals surface area (Å²) in [5, 5.41) is 0. The van der Waals surface area contributed by atoms with Gasteiger partial charge in [-0.3, -0.25) is 0 Å². The molecule has 1 saturated carbocycles. The maximum atomic E-state index is 2.52. The lowest BCUT2D eigenvalue weighted by atomic mass is 9.60. The molecule has 1 fully saturated rings. The standard InChI is InChI=1S/C18H36/c1-7-17(5,8-2)15-11-13-16(14-12-15)18(6,9-3)10-4/h15-16H,7-14H2,1-6H3. The van der Waals surface area contributed by atoms with Gasteiger partial charge in [-0.15, -0.1) is 0 Å². The molecule has 0 heteroatoms. The van der Waals surface area contributed by atoms with Gasteiger partial charge in [-0.2, -0.15) is 0 Å². The minimum absolute atomic E-state index is 0.611. The fraction of sp³-hybridized carbons (Fsp3) is 1.00. The highest BCUT2D eigenvalue weighted by Gasteiger charge is 2.38. The summed E-state index contributed by atoms with van der Waals surface area (Å²) in [6.45, 7) is 14.6. The van der Waals surface area contributed by atoms with Crippen LogP contribution in [0.25, 0.3) is 0 Å². The average Bonchev–Trinajstić information content (AvgIpc) is 2.45. The van der Waals surface area contributed by atoms with E-state index in [1.165, 1.54) is 51.4 Å². The van der Waals surface area contributed by atoms with E-state index in [0.717, 1.165) is 11.8 Å². The molecule has 0 aromatic carbocycles. The van der Waals surface area contributed by atoms with Crippen molar-refractivity contribution in [3.63, 3.8) is 0 Å². The monoisotopic (exact) mass is 252 g/mol. The first-order valence-corrected chi connectivity index (χ1v) is 8.45. The Labute approximate surface area is 116 Å². The molecule has 0 atom stereocenters. The lowest BCUT2D eigenvalue weighted by Gasteiger charge is -2.45. The maximum absolute atomic E-state index is 2.52. The molecule has 108 valence electrons. The van der Waals surface area contributed by atoms with Crippen LogP contribution in [-0.2, 0) is 0 Å². The van der Waals surface area contributed by atoms with E-state index in [1.54, 1.807) is 0 Å². The Morgan fingerprint density at radius 3 is 1.00 bits per heavy atom. The average molecular weight is 252 g/mol. The molecular formula is C18H36. The van der Waals surface area contributed by atoms with Crippen LogP contribution in [0.3, 0.4) is 0 Å². The molecule has 0 amide bonds. The maximum Gasteiger partial charge on any atom is -0.0303 e. The van der Waals surface area contributed by atoms with Gasteiger partial charge in [0.25, 0.3) is 0 Å². The Morgan fingerprint density at radius 2 is 0.833 bits per heavy atom. The predicted octanol–water partition coefficient (Wildman–Crippen LogP) is 6.45. The van der Waals surface area contributed by atoms with E-state index < -0.39 is 0 Å². The summed E-state index contributed by atoms with van der Waals surface area (Å²) in [6, 6.07) is 0. The van der Waals surface area contributed by atoms with Crippen LogP contribution in [-0.4, -0.2) is 0 Å². The van der Waals surface area contributed by atoms with Crippen molar-refractivity contribution >= 4 is 0 Å². The fourth-order valence-electron chi connectivity index (χ4n) is 4.14. The molecular weight excluding hydrogens is 216 g/mol. The third-order valence-electron chi connectivity index (χ3n) is 6.93. The van der Waals surface area contributed by atoms with E-state index >= 15 is 0 Å². The quantitative estimate of drug-likeness (QED) is 0.510. The zero-order valence-corrected chi connectivity index (χ0v) is 13.8. The summed E-state index contributed by atoms with van der Waals surface area (Å²) in [5.41, 5.74) is 1.22. The van der Waals surface area contributed by atoms with Gasteiger partial charge in [0.1, 0.15) is 0 Å². The van der Waals surface area contributed by atoms with E-state index in [1.807, 2.05) is 0 Å². The van der Waals surface area contributed by atoms with Gasteiger partial charge in [0.15, 0.2) is 0 Å². The normalized spacial score (nSPS) is 26.3. The zero-order valence-electron chi connectivity index (χ0n) is 13.8. The SMILES string of the molecule is CCC(C)(CC)C1CCC(C(C)(CC)CC)CC1. The summed E-state index contributed by atoms with van der Waals surface area (Å²) >= 11 is 0. The molecule has 1 aliphatic carbocycles. The van der Waals surface area contributed by atoms with Gasteiger partial charge in [0.2, 0.25) is 0 Å². The Bertz CT molecular complexity index is 198. The van der Waals surface area contributed by atoms with E-state index in [2.05, 4.69) is 41.5 Å². The van der Waals surface area contributed by atoms with Crippen LogP contribution in [0.2, 0.25) is 0 Å². The van der Waals surface area contributed by atoms with Crippen LogP contribution in [0.1, 0.15) is 92.9 Å². The largest absolute Gasteiger partial charge is 0.0649 e. The van der Waals surface area contributed by atoms with E-state index in [0.29, 0.717) is 10.8 Å². The summed E-state index contributed by atoms with van der Waals surface area (Å²) in [7, 11) is 0. The lowest BCUT2D eigenvalue weighted by Crippen LogP contribution is -2.35. The Hall–Kier alpha value is 0. The highest BCUT2D eigenvalue weighted by Crippen LogP contribution is 2.49. The molecule has 0 unspecified atom stereocenters. The molecule has 0 saturated heterocycles. The molecule has 0 aromatic rings. The number of hydrogen-bond donors (Lipinski definition) is 0. The van der Waals surface area contributed by atoms with Crippen molar-refractivity contribution in [3.05, 3.63) is 0 Å². The van der Waals surface area contributed by atoms with Crippen LogP contribution in [0.5, 0.6) is 0 Å². The van der Waals surface area contributed by atoms with Crippen LogP contribution >= 0.6 is 0 Å². The number of hydrogen-bond acceptors (Lipinski definition) is 0. The second-order valence-electron chi connectivity index (χ2n) is 7.27. The highest BCUT2D eigenvalue weighted by molar-refractivity contribution is 4.89. The molecule has 18 heavy (non-hydrogen) atoms. The van der Waals surface area contributed by atoms with Crippen molar-refractivity contribution < 1.29 is 0 Å². The molecule has 1 aliphatic rings. The van der Waals surface area contributed by atoms with E-state index in [-0.39, 0.29) is 0 Å². The van der Waals surface area contributed by atoms with Crippen molar-refractivity contribution in [2.75, 3.05) is 0 Å². The minimum Gasteiger partial charge on any atom is -0.0649 e. The highest BCUT2D eigenvalue weighted by atomic mass is 14.4. The van der Waals surface area contributed by atoms with Gasteiger partial charge in [-0.05, 0) is 48.3 Å². The third kappa shape index (κ3) is 3.11. The Morgan fingerprint density at radius 1 is 0.611 bits per heavy atom. The molecule has 0 heterocycles. The zero-order chi connectivity index (χ0) is 13.8. The Balaban J connectivity index is 2.61. The predicted molar refractivity (Wildman–Crippen MR) is 82.8 cm³/mol. The minimum atomic E-state index is 0.611. The van der Waals surface area contributed by atoms with Gasteiger partial charge in [-0.25, -0.2) is 0 Å². The second kappa shape index (κ2) is 6.44. The number of rotatable bonds is 6. The van der Waals surface area contributed by atoms with Crippen LogP contribution in [0.4, 0.5) is 0 Å². The lowest BCUT2D eigenvalue weighted by molar-refractivity contribution is 0.0525. The van der Waals surface area contributed by atoms with Crippen LogP contribution < -0.4 is 0 Å². The van der Waals surface area contributed by atoms with Crippen molar-refractivity contribution in [2.24, 2.45) is 22.7 Å². The summed E-state index contributed by atoms with van der Waals surface area (Å²) in [5.74, 6) is 1.98. The van der Waals surface area contributed by atoms with Crippen molar-refractivity contribution in [3.8, 4) is 0 Å². The summed E-state index contributed by atoms with van der Waals surface area (Å²) in [6.07, 6.45) is 11.4. The molecule has 0 radical (unpaired) electrons. The Kier molecular flexibility index (Phi) is 5.74. The van der Waals surface area contributed by atoms with Gasteiger partial charge < -0.3 is 0 Å². The van der Waals surface area contributed by atoms with Gasteiger partial charge in [0.05, 0.1) is 0 Å². The van der Waals surface area contributed by atoms with Crippen LogP contribution in [0.15, 0.2) is 0 Å². The smallest absolute Gasteiger partial charge is 0.0303 e. The molecule has 0 bridgehead atoms. The first-order chi connectivity index (χ1) is 8.45. The first-order valence-electron chi connectivity index (χ1n) is 8.45. The fourth-order valence-corrected chi connectivity index (χ4v) is 4.14. The first kappa shape index (κ1) is 16.1. The molecule has 0 nitrogen and oxygen atoms in total. The molecule has 0 spiro atoms. The molecule has 1 rings (SSSR count). The van der Waals surface area contributed by atoms with E-state index in [9.17, 15) is 0 Å². The molecule has 0 N–H and O–H groups in total. The van der Waals surface area contributed by atoms with Gasteiger partial charge in [-0.1, -0.05) is 67.2 Å². The molecule has 0 aliphatic heterocycles. The van der Waals surface area contributed by atoms with Crippen molar-refractivity contribution in [1.29, 1.82) is 0 Å².